The molecule has 0 saturated carbocycles. The molecule has 1 N–H and O–H groups in total. The van der Waals surface area contributed by atoms with Crippen LogP contribution in [0.25, 0.3) is 0 Å². The van der Waals surface area contributed by atoms with E-state index in [1.54, 1.807) is 11.0 Å². The summed E-state index contributed by atoms with van der Waals surface area (Å²) in [6, 6.07) is 14.2. The van der Waals surface area contributed by atoms with Crippen molar-refractivity contribution in [2.45, 2.75) is 43.5 Å². The fourth-order valence-corrected chi connectivity index (χ4v) is 4.84. The van der Waals surface area contributed by atoms with E-state index in [9.17, 15) is 13.2 Å². The van der Waals surface area contributed by atoms with E-state index in [1.165, 1.54) is 24.8 Å². The second-order valence-electron chi connectivity index (χ2n) is 7.41. The molecule has 2 aromatic carbocycles. The highest BCUT2D eigenvalue weighted by molar-refractivity contribution is 7.89. The average Bonchev–Trinajstić information content (AvgIpc) is 3.26. The fraction of sp³-hybridized carbons (Fsp3) is 0.409. The number of likely N-dealkylation sites (tertiary alicyclic amines) is 1. The van der Waals surface area contributed by atoms with Crippen molar-refractivity contribution < 1.29 is 17.9 Å². The van der Waals surface area contributed by atoms with Crippen LogP contribution in [-0.2, 0) is 16.4 Å². The third kappa shape index (κ3) is 5.36. The number of amides is 1. The van der Waals surface area contributed by atoms with Gasteiger partial charge in [0.15, 0.2) is 0 Å². The molecule has 0 spiro atoms. The molecule has 3 rings (SSSR count). The largest absolute Gasteiger partial charge is 0.496 e. The summed E-state index contributed by atoms with van der Waals surface area (Å²) in [5.41, 5.74) is 1.45. The summed E-state index contributed by atoms with van der Waals surface area (Å²) >= 11 is 0. The number of nitrogens with zero attached hydrogens (tertiary/aromatic N) is 1. The van der Waals surface area contributed by atoms with Gasteiger partial charge in [0.25, 0.3) is 5.91 Å². The smallest absolute Gasteiger partial charge is 0.257 e. The van der Waals surface area contributed by atoms with E-state index in [0.717, 1.165) is 19.3 Å². The lowest BCUT2D eigenvalue weighted by atomic mass is 10.1. The van der Waals surface area contributed by atoms with Gasteiger partial charge in [-0.25, -0.2) is 13.1 Å². The summed E-state index contributed by atoms with van der Waals surface area (Å²) < 4.78 is 33.8. The predicted octanol–water partition coefficient (Wildman–Crippen LogP) is 3.23. The summed E-state index contributed by atoms with van der Waals surface area (Å²) in [6.07, 6.45) is 3.39. The predicted molar refractivity (Wildman–Crippen MR) is 113 cm³/mol. The van der Waals surface area contributed by atoms with E-state index in [1.807, 2.05) is 37.3 Å². The van der Waals surface area contributed by atoms with Gasteiger partial charge in [0.2, 0.25) is 10.0 Å². The average molecular weight is 417 g/mol. The van der Waals surface area contributed by atoms with Gasteiger partial charge in [-0.2, -0.15) is 0 Å². The zero-order valence-corrected chi connectivity index (χ0v) is 17.7. The van der Waals surface area contributed by atoms with Crippen LogP contribution in [0.3, 0.4) is 0 Å². The van der Waals surface area contributed by atoms with Gasteiger partial charge in [-0.15, -0.1) is 0 Å². The van der Waals surface area contributed by atoms with Crippen LogP contribution in [0.2, 0.25) is 0 Å². The molecule has 1 unspecified atom stereocenters. The Labute approximate surface area is 172 Å². The van der Waals surface area contributed by atoms with Crippen LogP contribution in [0.4, 0.5) is 0 Å². The van der Waals surface area contributed by atoms with Gasteiger partial charge in [0.1, 0.15) is 5.75 Å². The van der Waals surface area contributed by atoms with Crippen molar-refractivity contribution in [3.63, 3.8) is 0 Å². The Balaban J connectivity index is 1.73. The number of carbonyl (C=O) groups is 1. The number of nitrogens with one attached hydrogen (secondary N) is 1. The van der Waals surface area contributed by atoms with E-state index < -0.39 is 10.0 Å². The van der Waals surface area contributed by atoms with E-state index in [4.69, 9.17) is 4.74 Å². The standard InChI is InChI=1S/C22H28N2O4S/c1-17(10-11-18-8-4-3-5-9-18)23-29(26,27)19-12-13-21(28-2)20(16-19)22(25)24-14-6-7-15-24/h3-5,8-9,12-13,16-17,23H,6-7,10-11,14-15H2,1-2H3. The molecule has 29 heavy (non-hydrogen) atoms. The maximum atomic E-state index is 12.9. The highest BCUT2D eigenvalue weighted by atomic mass is 32.2. The van der Waals surface area contributed by atoms with Gasteiger partial charge >= 0.3 is 0 Å². The molecule has 0 bridgehead atoms. The molecule has 1 heterocycles. The molecule has 1 aliphatic heterocycles. The molecule has 6 nitrogen and oxygen atoms in total. The minimum absolute atomic E-state index is 0.0763. The number of hydrogen-bond acceptors (Lipinski definition) is 4. The molecular weight excluding hydrogens is 388 g/mol. The van der Waals surface area contributed by atoms with Crippen molar-refractivity contribution >= 4 is 15.9 Å². The zero-order valence-electron chi connectivity index (χ0n) is 16.9. The van der Waals surface area contributed by atoms with Crippen molar-refractivity contribution in [2.24, 2.45) is 0 Å². The van der Waals surface area contributed by atoms with Crippen LogP contribution in [0.1, 0.15) is 42.1 Å². The van der Waals surface area contributed by atoms with Crippen LogP contribution in [0.5, 0.6) is 5.75 Å². The molecule has 0 aromatic heterocycles. The third-order valence-electron chi connectivity index (χ3n) is 5.17. The molecule has 0 radical (unpaired) electrons. The first-order valence-corrected chi connectivity index (χ1v) is 11.4. The Hall–Kier alpha value is -2.38. The molecule has 7 heteroatoms. The second kappa shape index (κ2) is 9.41. The Morgan fingerprint density at radius 1 is 1.14 bits per heavy atom. The number of rotatable bonds is 8. The molecule has 1 saturated heterocycles. The molecule has 1 atom stereocenters. The third-order valence-corrected chi connectivity index (χ3v) is 6.76. The Kier molecular flexibility index (Phi) is 6.92. The van der Waals surface area contributed by atoms with Crippen molar-refractivity contribution in [1.82, 2.24) is 9.62 Å². The quantitative estimate of drug-likeness (QED) is 0.717. The summed E-state index contributed by atoms with van der Waals surface area (Å²) in [5, 5.41) is 0. The van der Waals surface area contributed by atoms with E-state index in [-0.39, 0.29) is 22.4 Å². The van der Waals surface area contributed by atoms with Crippen LogP contribution >= 0.6 is 0 Å². The zero-order chi connectivity index (χ0) is 20.9. The van der Waals surface area contributed by atoms with E-state index in [2.05, 4.69) is 4.72 Å². The maximum Gasteiger partial charge on any atom is 0.257 e. The van der Waals surface area contributed by atoms with Crippen molar-refractivity contribution in [3.8, 4) is 5.75 Å². The Morgan fingerprint density at radius 3 is 2.48 bits per heavy atom. The number of aryl methyl sites for hydroxylation is 1. The number of benzene rings is 2. The monoisotopic (exact) mass is 416 g/mol. The van der Waals surface area contributed by atoms with Gasteiger partial charge in [0.05, 0.1) is 17.6 Å². The SMILES string of the molecule is COc1ccc(S(=O)(=O)NC(C)CCc2ccccc2)cc1C(=O)N1CCCC1. The van der Waals surface area contributed by atoms with Crippen LogP contribution < -0.4 is 9.46 Å². The first kappa shape index (κ1) is 21.3. The summed E-state index contributed by atoms with van der Waals surface area (Å²) in [7, 11) is -2.26. The molecule has 0 aliphatic carbocycles. The van der Waals surface area contributed by atoms with Crippen molar-refractivity contribution in [1.29, 1.82) is 0 Å². The first-order chi connectivity index (χ1) is 13.9. The first-order valence-electron chi connectivity index (χ1n) is 9.94. The normalized spacial score (nSPS) is 15.3. The number of carbonyl (C=O) groups excluding carboxylic acids is 1. The van der Waals surface area contributed by atoms with Crippen molar-refractivity contribution in [3.05, 3.63) is 59.7 Å². The molecular formula is C22H28N2O4S. The van der Waals surface area contributed by atoms with E-state index in [0.29, 0.717) is 25.3 Å². The minimum atomic E-state index is -3.74. The summed E-state index contributed by atoms with van der Waals surface area (Å²) in [4.78, 5) is 14.6. The van der Waals surface area contributed by atoms with E-state index >= 15 is 0 Å². The highest BCUT2D eigenvalue weighted by Crippen LogP contribution is 2.25. The van der Waals surface area contributed by atoms with Gasteiger partial charge in [-0.05, 0) is 56.4 Å². The number of methoxy groups -OCH3 is 1. The second-order valence-corrected chi connectivity index (χ2v) is 9.12. The maximum absolute atomic E-state index is 12.9. The molecule has 1 fully saturated rings. The lowest BCUT2D eigenvalue weighted by molar-refractivity contribution is 0.0789. The van der Waals surface area contributed by atoms with Crippen molar-refractivity contribution in [2.75, 3.05) is 20.2 Å². The molecule has 2 aromatic rings. The van der Waals surface area contributed by atoms with Crippen LogP contribution in [0.15, 0.2) is 53.4 Å². The lowest BCUT2D eigenvalue weighted by Gasteiger charge is -2.19. The van der Waals surface area contributed by atoms with Gasteiger partial charge in [-0.1, -0.05) is 30.3 Å². The Morgan fingerprint density at radius 2 is 1.83 bits per heavy atom. The van der Waals surface area contributed by atoms with Crippen LogP contribution in [0, 0.1) is 0 Å². The molecule has 1 amide bonds. The van der Waals surface area contributed by atoms with Gasteiger partial charge in [-0.3, -0.25) is 4.79 Å². The van der Waals surface area contributed by atoms with Gasteiger partial charge in [0, 0.05) is 19.1 Å². The number of ether oxygens (including phenoxy) is 1. The lowest BCUT2D eigenvalue weighted by Crippen LogP contribution is -2.33. The molecule has 156 valence electrons. The van der Waals surface area contributed by atoms with Gasteiger partial charge < -0.3 is 9.64 Å². The number of hydrogen-bond donors (Lipinski definition) is 1. The number of sulfonamides is 1. The molecule has 1 aliphatic rings. The summed E-state index contributed by atoms with van der Waals surface area (Å²) in [6.45, 7) is 3.22. The fourth-order valence-electron chi connectivity index (χ4n) is 3.53. The topological polar surface area (TPSA) is 75.7 Å². The minimum Gasteiger partial charge on any atom is -0.496 e. The Bertz CT molecular complexity index is 939. The van der Waals surface area contributed by atoms with Crippen LogP contribution in [-0.4, -0.2) is 45.5 Å². The highest BCUT2D eigenvalue weighted by Gasteiger charge is 2.25. The summed E-state index contributed by atoms with van der Waals surface area (Å²) in [5.74, 6) is 0.200.